The van der Waals surface area contributed by atoms with E-state index in [0.717, 1.165) is 0 Å². The van der Waals surface area contributed by atoms with E-state index in [1.54, 1.807) is 5.19 Å². The van der Waals surface area contributed by atoms with E-state index >= 15 is 0 Å². The van der Waals surface area contributed by atoms with Crippen LogP contribution in [-0.2, 0) is 0 Å². The zero-order valence-electron chi connectivity index (χ0n) is 15.0. The number of hydrogen-bond acceptors (Lipinski definition) is 0. The lowest BCUT2D eigenvalue weighted by molar-refractivity contribution is 0.517. The molecular formula is C20H35BrSi. The van der Waals surface area contributed by atoms with Gasteiger partial charge in [0, 0.05) is 4.47 Å². The Hall–Kier alpha value is -0.0831. The number of benzene rings is 1. The topological polar surface area (TPSA) is 0 Å². The first kappa shape index (κ1) is 20.0. The van der Waals surface area contributed by atoms with E-state index < -0.39 is 0 Å². The van der Waals surface area contributed by atoms with E-state index in [9.17, 15) is 0 Å². The molecule has 0 saturated carbocycles. The number of unbranched alkanes of at least 4 members (excludes halogenated alkanes) is 8. The Bertz CT molecular complexity index is 400. The fourth-order valence-electron chi connectivity index (χ4n) is 3.20. The molecule has 0 amide bonds. The van der Waals surface area contributed by atoms with Gasteiger partial charge in [0.15, 0.2) is 0 Å². The van der Waals surface area contributed by atoms with Crippen molar-refractivity contribution in [2.24, 2.45) is 0 Å². The van der Waals surface area contributed by atoms with Gasteiger partial charge in [-0.25, -0.2) is 0 Å². The monoisotopic (exact) mass is 382 g/mol. The molecule has 1 aromatic rings. The van der Waals surface area contributed by atoms with Crippen LogP contribution in [0, 0.1) is 0 Å². The summed E-state index contributed by atoms with van der Waals surface area (Å²) in [7, 11) is -0.188. The first-order valence-corrected chi connectivity index (χ1v) is 11.5. The van der Waals surface area contributed by atoms with Gasteiger partial charge in [-0.1, -0.05) is 118 Å². The van der Waals surface area contributed by atoms with Crippen LogP contribution in [-0.4, -0.2) is 9.52 Å². The van der Waals surface area contributed by atoms with Crippen molar-refractivity contribution < 1.29 is 0 Å². The normalized spacial score (nSPS) is 12.4. The van der Waals surface area contributed by atoms with Crippen LogP contribution in [0.2, 0.25) is 5.04 Å². The Kier molecular flexibility index (Phi) is 10.4. The van der Waals surface area contributed by atoms with Crippen LogP contribution in [0.15, 0.2) is 28.7 Å². The number of halogens is 1. The molecule has 0 aliphatic carbocycles. The summed E-state index contributed by atoms with van der Waals surface area (Å²) in [6.45, 7) is 7.24. The first-order chi connectivity index (χ1) is 10.5. The fourth-order valence-corrected chi connectivity index (χ4v) is 6.06. The second kappa shape index (κ2) is 11.5. The maximum Gasteiger partial charge on any atom is 0.0604 e. The molecular weight excluding hydrogens is 348 g/mol. The predicted molar refractivity (Wildman–Crippen MR) is 108 cm³/mol. The average molecular weight is 383 g/mol. The highest BCUT2D eigenvalue weighted by molar-refractivity contribution is 9.10. The van der Waals surface area contributed by atoms with Crippen molar-refractivity contribution >= 4 is 30.6 Å². The van der Waals surface area contributed by atoms with Crippen LogP contribution >= 0.6 is 15.9 Å². The van der Waals surface area contributed by atoms with Gasteiger partial charge in [0.05, 0.1) is 9.52 Å². The van der Waals surface area contributed by atoms with Gasteiger partial charge in [0.1, 0.15) is 0 Å². The summed E-state index contributed by atoms with van der Waals surface area (Å²) in [5, 5.41) is 2.15. The fraction of sp³-hybridized carbons (Fsp3) is 0.700. The molecule has 0 spiro atoms. The molecule has 126 valence electrons. The molecule has 2 heteroatoms. The van der Waals surface area contributed by atoms with Gasteiger partial charge in [-0.15, -0.1) is 0 Å². The van der Waals surface area contributed by atoms with Gasteiger partial charge in [0.25, 0.3) is 0 Å². The van der Waals surface area contributed by atoms with Crippen molar-refractivity contribution in [2.45, 2.75) is 90.0 Å². The van der Waals surface area contributed by atoms with E-state index in [4.69, 9.17) is 0 Å². The quantitative estimate of drug-likeness (QED) is 0.291. The molecule has 0 bridgehead atoms. The summed E-state index contributed by atoms with van der Waals surface area (Å²) >= 11 is 3.60. The van der Waals surface area contributed by atoms with Gasteiger partial charge in [-0.05, 0) is 17.2 Å². The summed E-state index contributed by atoms with van der Waals surface area (Å²) in [6.07, 6.45) is 14.3. The second-order valence-corrected chi connectivity index (χ2v) is 11.5. The van der Waals surface area contributed by atoms with Crippen molar-refractivity contribution in [1.82, 2.24) is 0 Å². The average Bonchev–Trinajstić information content (AvgIpc) is 2.45. The zero-order chi connectivity index (χ0) is 16.3. The Morgan fingerprint density at radius 3 is 2.09 bits per heavy atom. The Balaban J connectivity index is 2.10. The van der Waals surface area contributed by atoms with Crippen LogP contribution in [0.4, 0.5) is 0 Å². The summed E-state index contributed by atoms with van der Waals surface area (Å²) in [5.74, 6) is 0. The van der Waals surface area contributed by atoms with Gasteiger partial charge < -0.3 is 0 Å². The molecule has 0 radical (unpaired) electrons. The van der Waals surface area contributed by atoms with Gasteiger partial charge >= 0.3 is 0 Å². The van der Waals surface area contributed by atoms with E-state index in [1.165, 1.54) is 68.7 Å². The third-order valence-corrected chi connectivity index (χ3v) is 7.18. The minimum Gasteiger partial charge on any atom is -0.0654 e. The summed E-state index contributed by atoms with van der Waals surface area (Å²) in [5.41, 5.74) is 0. The minimum absolute atomic E-state index is 0.188. The largest absolute Gasteiger partial charge is 0.0654 e. The first-order valence-electron chi connectivity index (χ1n) is 9.28. The van der Waals surface area contributed by atoms with Gasteiger partial charge in [-0.3, -0.25) is 0 Å². The molecule has 0 fully saturated rings. The molecule has 0 atom stereocenters. The highest BCUT2D eigenvalue weighted by atomic mass is 79.9. The maximum absolute atomic E-state index is 3.60. The third-order valence-electron chi connectivity index (χ3n) is 4.53. The standard InChI is InChI=1S/C20H35BrSi/c1-4-5-6-7-8-9-10-11-12-16-20(2,3)22-19-15-13-14-18(21)17-19/h13-15,17H,4-12,16,22H2,1-3H3. The molecule has 22 heavy (non-hydrogen) atoms. The molecule has 0 N–H and O–H groups in total. The lowest BCUT2D eigenvalue weighted by Crippen LogP contribution is -2.25. The maximum atomic E-state index is 3.60. The van der Waals surface area contributed by atoms with Crippen LogP contribution in [0.3, 0.4) is 0 Å². The summed E-state index contributed by atoms with van der Waals surface area (Å²) in [4.78, 5) is 0. The Morgan fingerprint density at radius 2 is 1.50 bits per heavy atom. The van der Waals surface area contributed by atoms with Crippen LogP contribution in [0.25, 0.3) is 0 Å². The number of hydrogen-bond donors (Lipinski definition) is 0. The van der Waals surface area contributed by atoms with E-state index in [2.05, 4.69) is 61.0 Å². The van der Waals surface area contributed by atoms with Crippen LogP contribution in [0.5, 0.6) is 0 Å². The van der Waals surface area contributed by atoms with Crippen molar-refractivity contribution in [3.05, 3.63) is 28.7 Å². The number of rotatable bonds is 12. The molecule has 1 aromatic carbocycles. The molecule has 0 aliphatic heterocycles. The van der Waals surface area contributed by atoms with Crippen molar-refractivity contribution in [3.63, 3.8) is 0 Å². The van der Waals surface area contributed by atoms with E-state index in [-0.39, 0.29) is 9.52 Å². The third kappa shape index (κ3) is 9.84. The van der Waals surface area contributed by atoms with E-state index in [0.29, 0.717) is 5.04 Å². The van der Waals surface area contributed by atoms with Crippen LogP contribution < -0.4 is 5.19 Å². The highest BCUT2D eigenvalue weighted by Crippen LogP contribution is 2.30. The molecule has 0 aliphatic rings. The van der Waals surface area contributed by atoms with Crippen LogP contribution in [0.1, 0.15) is 85.0 Å². The second-order valence-electron chi connectivity index (χ2n) is 7.55. The molecule has 0 aromatic heterocycles. The minimum atomic E-state index is -0.188. The molecule has 0 unspecified atom stereocenters. The molecule has 0 heterocycles. The SMILES string of the molecule is CCCCCCCCCCCC(C)(C)[SiH2]c1cccc(Br)c1. The Labute approximate surface area is 149 Å². The lowest BCUT2D eigenvalue weighted by atomic mass is 10.0. The Morgan fingerprint density at radius 1 is 0.909 bits per heavy atom. The smallest absolute Gasteiger partial charge is 0.0604 e. The molecule has 1 rings (SSSR count). The summed E-state index contributed by atoms with van der Waals surface area (Å²) in [6, 6.07) is 8.95. The molecule has 0 nitrogen and oxygen atoms in total. The van der Waals surface area contributed by atoms with Crippen molar-refractivity contribution in [3.8, 4) is 0 Å². The highest BCUT2D eigenvalue weighted by Gasteiger charge is 2.18. The summed E-state index contributed by atoms with van der Waals surface area (Å²) < 4.78 is 1.23. The molecule has 0 saturated heterocycles. The van der Waals surface area contributed by atoms with Crippen molar-refractivity contribution in [2.75, 3.05) is 0 Å². The van der Waals surface area contributed by atoms with Gasteiger partial charge in [0.2, 0.25) is 0 Å². The predicted octanol–water partition coefficient (Wildman–Crippen LogP) is 6.36. The van der Waals surface area contributed by atoms with Crippen molar-refractivity contribution in [1.29, 1.82) is 0 Å². The lowest BCUT2D eigenvalue weighted by Gasteiger charge is -2.24. The van der Waals surface area contributed by atoms with E-state index in [1.807, 2.05) is 0 Å². The zero-order valence-corrected chi connectivity index (χ0v) is 18.0. The van der Waals surface area contributed by atoms with Gasteiger partial charge in [-0.2, -0.15) is 0 Å².